The third-order valence-electron chi connectivity index (χ3n) is 3.89. The Morgan fingerprint density at radius 3 is 2.36 bits per heavy atom. The van der Waals surface area contributed by atoms with Gasteiger partial charge in [0, 0.05) is 25.3 Å². The first kappa shape index (κ1) is 18.8. The van der Waals surface area contributed by atoms with Crippen molar-refractivity contribution in [1.29, 1.82) is 0 Å². The number of halogens is 1. The number of carbonyl (C=O) groups excluding carboxylic acids is 2. The Bertz CT molecular complexity index is 803. The second kappa shape index (κ2) is 8.03. The molecule has 2 amide bonds. The van der Waals surface area contributed by atoms with E-state index in [1.165, 1.54) is 0 Å². The minimum atomic E-state index is -0.314. The molecule has 0 aromatic heterocycles. The van der Waals surface area contributed by atoms with Crippen molar-refractivity contribution in [3.05, 3.63) is 58.1 Å². The molecule has 0 saturated heterocycles. The standard InChI is InChI=1S/C19H22ClN3O2/c1-12-5-6-14(9-13(12)2)19(25)21-11-18(24)22-15-7-8-17(23(3)4)16(20)10-15/h5-10H,11H2,1-4H3,(H,21,25)(H,22,24). The van der Waals surface area contributed by atoms with Crippen LogP contribution in [-0.2, 0) is 4.79 Å². The number of nitrogens with one attached hydrogen (secondary N) is 2. The number of hydrogen-bond acceptors (Lipinski definition) is 3. The highest BCUT2D eigenvalue weighted by atomic mass is 35.5. The van der Waals surface area contributed by atoms with Crippen LogP contribution in [0.15, 0.2) is 36.4 Å². The van der Waals surface area contributed by atoms with Crippen LogP contribution in [0.5, 0.6) is 0 Å². The molecule has 0 spiro atoms. The van der Waals surface area contributed by atoms with E-state index in [-0.39, 0.29) is 18.4 Å². The summed E-state index contributed by atoms with van der Waals surface area (Å²) < 4.78 is 0. The van der Waals surface area contributed by atoms with Crippen LogP contribution in [0.2, 0.25) is 5.02 Å². The number of hydrogen-bond donors (Lipinski definition) is 2. The molecule has 0 aliphatic heterocycles. The molecule has 0 aliphatic carbocycles. The molecule has 0 radical (unpaired) electrons. The molecule has 25 heavy (non-hydrogen) atoms. The monoisotopic (exact) mass is 359 g/mol. The lowest BCUT2D eigenvalue weighted by Crippen LogP contribution is -2.32. The van der Waals surface area contributed by atoms with E-state index >= 15 is 0 Å². The number of rotatable bonds is 5. The smallest absolute Gasteiger partial charge is 0.251 e. The Labute approximate surface area is 153 Å². The van der Waals surface area contributed by atoms with E-state index in [1.54, 1.807) is 18.2 Å². The fourth-order valence-corrected chi connectivity index (χ4v) is 2.65. The molecule has 6 heteroatoms. The maximum Gasteiger partial charge on any atom is 0.251 e. The molecule has 132 valence electrons. The minimum absolute atomic E-state index is 0.112. The van der Waals surface area contributed by atoms with Gasteiger partial charge in [-0.05, 0) is 55.3 Å². The first-order valence-corrected chi connectivity index (χ1v) is 8.28. The fourth-order valence-electron chi connectivity index (χ4n) is 2.30. The van der Waals surface area contributed by atoms with Gasteiger partial charge in [0.25, 0.3) is 5.91 Å². The van der Waals surface area contributed by atoms with Crippen molar-refractivity contribution in [1.82, 2.24) is 5.32 Å². The van der Waals surface area contributed by atoms with Crippen LogP contribution >= 0.6 is 11.6 Å². The highest BCUT2D eigenvalue weighted by Crippen LogP contribution is 2.27. The molecule has 2 aromatic rings. The van der Waals surface area contributed by atoms with E-state index < -0.39 is 0 Å². The van der Waals surface area contributed by atoms with Crippen molar-refractivity contribution >= 4 is 34.8 Å². The maximum absolute atomic E-state index is 12.1. The lowest BCUT2D eigenvalue weighted by atomic mass is 10.1. The predicted molar refractivity (Wildman–Crippen MR) is 103 cm³/mol. The lowest BCUT2D eigenvalue weighted by Gasteiger charge is -2.15. The second-order valence-corrected chi connectivity index (χ2v) is 6.50. The van der Waals surface area contributed by atoms with Gasteiger partial charge in [0.15, 0.2) is 0 Å². The van der Waals surface area contributed by atoms with Crippen molar-refractivity contribution in [3.8, 4) is 0 Å². The molecule has 0 fully saturated rings. The van der Waals surface area contributed by atoms with Crippen LogP contribution in [-0.4, -0.2) is 32.5 Å². The Hall–Kier alpha value is -2.53. The molecule has 0 aliphatic rings. The van der Waals surface area contributed by atoms with Gasteiger partial charge in [-0.15, -0.1) is 0 Å². The van der Waals surface area contributed by atoms with Gasteiger partial charge in [-0.1, -0.05) is 17.7 Å². The van der Waals surface area contributed by atoms with E-state index in [2.05, 4.69) is 10.6 Å². The maximum atomic E-state index is 12.1. The van der Waals surface area contributed by atoms with Gasteiger partial charge < -0.3 is 15.5 Å². The second-order valence-electron chi connectivity index (χ2n) is 6.09. The van der Waals surface area contributed by atoms with Crippen molar-refractivity contribution in [3.63, 3.8) is 0 Å². The summed E-state index contributed by atoms with van der Waals surface area (Å²) in [6.45, 7) is 3.82. The number of nitrogens with zero attached hydrogens (tertiary/aromatic N) is 1. The van der Waals surface area contributed by atoms with Crippen molar-refractivity contribution in [2.75, 3.05) is 30.9 Å². The molecular weight excluding hydrogens is 338 g/mol. The Balaban J connectivity index is 1.93. The van der Waals surface area contributed by atoms with Gasteiger partial charge in [-0.2, -0.15) is 0 Å². The molecule has 0 heterocycles. The van der Waals surface area contributed by atoms with Crippen LogP contribution in [0.25, 0.3) is 0 Å². The van der Waals surface area contributed by atoms with E-state index in [9.17, 15) is 9.59 Å². The van der Waals surface area contributed by atoms with Gasteiger partial charge in [0.05, 0.1) is 17.3 Å². The summed E-state index contributed by atoms with van der Waals surface area (Å²) >= 11 is 6.18. The van der Waals surface area contributed by atoms with E-state index in [0.29, 0.717) is 16.3 Å². The molecule has 0 unspecified atom stereocenters. The summed E-state index contributed by atoms with van der Waals surface area (Å²) in [6, 6.07) is 10.7. The van der Waals surface area contributed by atoms with Crippen molar-refractivity contribution in [2.24, 2.45) is 0 Å². The quantitative estimate of drug-likeness (QED) is 0.860. The summed E-state index contributed by atoms with van der Waals surface area (Å²) in [6.07, 6.45) is 0. The molecular formula is C19H22ClN3O2. The normalized spacial score (nSPS) is 10.3. The van der Waals surface area contributed by atoms with Gasteiger partial charge in [0.2, 0.25) is 5.91 Å². The Morgan fingerprint density at radius 1 is 1.04 bits per heavy atom. The minimum Gasteiger partial charge on any atom is -0.376 e. The number of amides is 2. The van der Waals surface area contributed by atoms with Gasteiger partial charge in [-0.3, -0.25) is 9.59 Å². The van der Waals surface area contributed by atoms with Crippen LogP contribution in [0, 0.1) is 13.8 Å². The zero-order valence-corrected chi connectivity index (χ0v) is 15.6. The number of carbonyl (C=O) groups is 2. The Kier molecular flexibility index (Phi) is 6.04. The summed E-state index contributed by atoms with van der Waals surface area (Å²) in [5.74, 6) is -0.593. The summed E-state index contributed by atoms with van der Waals surface area (Å²) in [5.41, 5.74) is 4.14. The summed E-state index contributed by atoms with van der Waals surface area (Å²) in [7, 11) is 3.78. The largest absolute Gasteiger partial charge is 0.376 e. The molecule has 0 bridgehead atoms. The van der Waals surface area contributed by atoms with Gasteiger partial charge in [0.1, 0.15) is 0 Å². The fraction of sp³-hybridized carbons (Fsp3) is 0.263. The van der Waals surface area contributed by atoms with Crippen LogP contribution in [0.3, 0.4) is 0 Å². The van der Waals surface area contributed by atoms with Crippen LogP contribution < -0.4 is 15.5 Å². The molecule has 0 atom stereocenters. The summed E-state index contributed by atoms with van der Waals surface area (Å²) in [5, 5.41) is 5.88. The zero-order valence-electron chi connectivity index (χ0n) is 14.8. The average Bonchev–Trinajstić information content (AvgIpc) is 2.55. The molecule has 2 N–H and O–H groups in total. The molecule has 2 aromatic carbocycles. The van der Waals surface area contributed by atoms with Crippen molar-refractivity contribution in [2.45, 2.75) is 13.8 Å². The number of benzene rings is 2. The molecule has 2 rings (SSSR count). The summed E-state index contributed by atoms with van der Waals surface area (Å²) in [4.78, 5) is 26.0. The van der Waals surface area contributed by atoms with Gasteiger partial charge >= 0.3 is 0 Å². The number of anilines is 2. The first-order valence-electron chi connectivity index (χ1n) is 7.90. The molecule has 5 nitrogen and oxygen atoms in total. The third kappa shape index (κ3) is 4.97. The predicted octanol–water partition coefficient (Wildman–Crippen LogP) is 3.39. The van der Waals surface area contributed by atoms with Crippen LogP contribution in [0.4, 0.5) is 11.4 Å². The first-order chi connectivity index (χ1) is 11.8. The van der Waals surface area contributed by atoms with E-state index in [0.717, 1.165) is 16.8 Å². The average molecular weight is 360 g/mol. The highest BCUT2D eigenvalue weighted by molar-refractivity contribution is 6.33. The van der Waals surface area contributed by atoms with Crippen LogP contribution in [0.1, 0.15) is 21.5 Å². The van der Waals surface area contributed by atoms with Crippen molar-refractivity contribution < 1.29 is 9.59 Å². The highest BCUT2D eigenvalue weighted by Gasteiger charge is 2.10. The lowest BCUT2D eigenvalue weighted by molar-refractivity contribution is -0.115. The zero-order chi connectivity index (χ0) is 18.6. The van der Waals surface area contributed by atoms with E-state index in [4.69, 9.17) is 11.6 Å². The topological polar surface area (TPSA) is 61.4 Å². The Morgan fingerprint density at radius 2 is 1.76 bits per heavy atom. The van der Waals surface area contributed by atoms with E-state index in [1.807, 2.05) is 51.0 Å². The number of aryl methyl sites for hydroxylation is 2. The SMILES string of the molecule is Cc1ccc(C(=O)NCC(=O)Nc2ccc(N(C)C)c(Cl)c2)cc1C. The molecule has 0 saturated carbocycles. The van der Waals surface area contributed by atoms with Gasteiger partial charge in [-0.25, -0.2) is 0 Å². The third-order valence-corrected chi connectivity index (χ3v) is 4.19.